The Morgan fingerprint density at radius 1 is 1.21 bits per heavy atom. The second-order valence-electron chi connectivity index (χ2n) is 8.98. The summed E-state index contributed by atoms with van der Waals surface area (Å²) in [6, 6.07) is 14.3. The number of ether oxygens (including phenoxy) is 1. The maximum Gasteiger partial charge on any atom is 0.223 e. The van der Waals surface area contributed by atoms with Gasteiger partial charge in [-0.15, -0.1) is 10.2 Å². The molecule has 1 saturated heterocycles. The summed E-state index contributed by atoms with van der Waals surface area (Å²) in [7, 11) is 0. The van der Waals surface area contributed by atoms with E-state index >= 15 is 0 Å². The number of hydrogen-bond acceptors (Lipinski definition) is 6. The summed E-state index contributed by atoms with van der Waals surface area (Å²) in [4.78, 5) is 14.6. The van der Waals surface area contributed by atoms with Crippen LogP contribution in [0.2, 0.25) is 0 Å². The molecule has 1 aliphatic heterocycles. The van der Waals surface area contributed by atoms with Crippen LogP contribution in [-0.2, 0) is 11.2 Å². The Bertz CT molecular complexity index is 1260. The minimum atomic E-state index is -0.000652. The molecule has 7 heteroatoms. The first kappa shape index (κ1) is 21.6. The van der Waals surface area contributed by atoms with Gasteiger partial charge < -0.3 is 9.64 Å². The molecule has 0 saturated carbocycles. The van der Waals surface area contributed by atoms with Gasteiger partial charge in [0, 0.05) is 24.1 Å². The van der Waals surface area contributed by atoms with E-state index in [4.69, 9.17) is 4.74 Å². The van der Waals surface area contributed by atoms with Crippen molar-refractivity contribution in [2.24, 2.45) is 5.92 Å². The van der Waals surface area contributed by atoms with E-state index in [-0.39, 0.29) is 18.1 Å². The number of nitriles is 1. The van der Waals surface area contributed by atoms with Gasteiger partial charge in [0.05, 0.1) is 17.7 Å². The third-order valence-electron chi connectivity index (χ3n) is 6.37. The van der Waals surface area contributed by atoms with Crippen LogP contribution in [0.3, 0.4) is 0 Å². The summed E-state index contributed by atoms with van der Waals surface area (Å²) in [5.74, 6) is 1.21. The van der Waals surface area contributed by atoms with E-state index in [1.165, 1.54) is 22.5 Å². The normalized spacial score (nSPS) is 19.0. The fraction of sp³-hybridized carbons (Fsp3) is 0.385. The number of aromatic nitrogens is 2. The van der Waals surface area contributed by atoms with E-state index in [1.54, 1.807) is 0 Å². The molecule has 2 aliphatic rings. The maximum absolute atomic E-state index is 12.5. The van der Waals surface area contributed by atoms with Crippen LogP contribution in [0.4, 0.5) is 0 Å². The number of fused-ring (bicyclic) bond motifs is 3. The molecule has 2 atom stereocenters. The predicted octanol–water partition coefficient (Wildman–Crippen LogP) is 5.39. The van der Waals surface area contributed by atoms with Gasteiger partial charge in [0.25, 0.3) is 0 Å². The Kier molecular flexibility index (Phi) is 5.63. The third-order valence-corrected chi connectivity index (χ3v) is 7.37. The van der Waals surface area contributed by atoms with Crippen molar-refractivity contribution in [1.82, 2.24) is 15.1 Å². The highest BCUT2D eigenvalue weighted by molar-refractivity contribution is 7.17. The smallest absolute Gasteiger partial charge is 0.223 e. The van der Waals surface area contributed by atoms with E-state index in [1.807, 2.05) is 32.0 Å². The van der Waals surface area contributed by atoms with Gasteiger partial charge in [-0.2, -0.15) is 5.26 Å². The van der Waals surface area contributed by atoms with Crippen molar-refractivity contribution in [3.05, 3.63) is 53.1 Å². The van der Waals surface area contributed by atoms with Crippen LogP contribution in [0.25, 0.3) is 21.1 Å². The fourth-order valence-corrected chi connectivity index (χ4v) is 5.99. The van der Waals surface area contributed by atoms with Crippen molar-refractivity contribution in [2.45, 2.75) is 52.2 Å². The first-order chi connectivity index (χ1) is 16.0. The molecule has 2 aromatic carbocycles. The molecule has 1 amide bonds. The number of carbonyl (C=O) groups is 1. The van der Waals surface area contributed by atoms with Crippen molar-refractivity contribution < 1.29 is 9.53 Å². The molecule has 1 aromatic heterocycles. The number of rotatable bonds is 6. The van der Waals surface area contributed by atoms with Crippen molar-refractivity contribution >= 4 is 17.2 Å². The zero-order valence-corrected chi connectivity index (χ0v) is 19.9. The molecule has 0 radical (unpaired) electrons. The average Bonchev–Trinajstić information content (AvgIpc) is 3.49. The molecule has 1 fully saturated rings. The number of carbonyl (C=O) groups excluding carboxylic acids is 1. The molecule has 0 spiro atoms. The van der Waals surface area contributed by atoms with Gasteiger partial charge in [-0.25, -0.2) is 0 Å². The summed E-state index contributed by atoms with van der Waals surface area (Å²) in [5.41, 5.74) is 5.01. The van der Waals surface area contributed by atoms with Gasteiger partial charge in [0.15, 0.2) is 0 Å². The topological polar surface area (TPSA) is 79.1 Å². The van der Waals surface area contributed by atoms with E-state index < -0.39 is 0 Å². The van der Waals surface area contributed by atoms with Gasteiger partial charge in [0.1, 0.15) is 21.8 Å². The molecule has 6 nitrogen and oxygen atoms in total. The molecular formula is C26H26N4O2S. The second kappa shape index (κ2) is 8.60. The molecule has 5 rings (SSSR count). The van der Waals surface area contributed by atoms with Crippen molar-refractivity contribution in [2.75, 3.05) is 6.54 Å². The molecule has 0 N–H and O–H groups in total. The lowest BCUT2D eigenvalue weighted by Gasteiger charge is -2.24. The standard InChI is InChI=1S/C26H26N4O2S/c1-4-10-30-23(31)13-17-12-21-19(24(17)30)6-5-7-20(21)26-29-28-25(33-26)16-8-9-22(32-15(2)3)18(11-16)14-27/h5-9,11,15,17,24H,4,10,12-13H2,1-3H3. The van der Waals surface area contributed by atoms with Gasteiger partial charge >= 0.3 is 0 Å². The molecular weight excluding hydrogens is 432 g/mol. The largest absolute Gasteiger partial charge is 0.490 e. The Labute approximate surface area is 197 Å². The summed E-state index contributed by atoms with van der Waals surface area (Å²) >= 11 is 1.53. The van der Waals surface area contributed by atoms with E-state index in [0.29, 0.717) is 23.7 Å². The molecule has 33 heavy (non-hydrogen) atoms. The Morgan fingerprint density at radius 3 is 2.79 bits per heavy atom. The highest BCUT2D eigenvalue weighted by Gasteiger charge is 2.45. The van der Waals surface area contributed by atoms with Gasteiger partial charge in [0.2, 0.25) is 5.91 Å². The van der Waals surface area contributed by atoms with Crippen molar-refractivity contribution in [3.63, 3.8) is 0 Å². The van der Waals surface area contributed by atoms with Gasteiger partial charge in [-0.3, -0.25) is 4.79 Å². The first-order valence-electron chi connectivity index (χ1n) is 11.5. The number of amides is 1. The van der Waals surface area contributed by atoms with Crippen LogP contribution >= 0.6 is 11.3 Å². The molecule has 168 valence electrons. The third kappa shape index (κ3) is 3.79. The quantitative estimate of drug-likeness (QED) is 0.495. The molecule has 1 aliphatic carbocycles. The zero-order valence-electron chi connectivity index (χ0n) is 19.0. The predicted molar refractivity (Wildman–Crippen MR) is 128 cm³/mol. The van der Waals surface area contributed by atoms with Crippen LogP contribution in [0.1, 0.15) is 56.3 Å². The Balaban J connectivity index is 1.48. The lowest BCUT2D eigenvalue weighted by atomic mass is 10.0. The second-order valence-corrected chi connectivity index (χ2v) is 9.95. The fourth-order valence-electron chi connectivity index (χ4n) is 5.10. The van der Waals surface area contributed by atoms with Crippen LogP contribution < -0.4 is 4.74 Å². The van der Waals surface area contributed by atoms with Crippen LogP contribution in [0.15, 0.2) is 36.4 Å². The lowest BCUT2D eigenvalue weighted by molar-refractivity contribution is -0.129. The number of benzene rings is 2. The zero-order chi connectivity index (χ0) is 23.1. The van der Waals surface area contributed by atoms with E-state index in [2.05, 4.69) is 46.3 Å². The highest BCUT2D eigenvalue weighted by atomic mass is 32.1. The minimum Gasteiger partial charge on any atom is -0.490 e. The van der Waals surface area contributed by atoms with Crippen LogP contribution in [-0.4, -0.2) is 33.7 Å². The monoisotopic (exact) mass is 458 g/mol. The Morgan fingerprint density at radius 2 is 2.03 bits per heavy atom. The molecule has 2 unspecified atom stereocenters. The lowest BCUT2D eigenvalue weighted by Crippen LogP contribution is -2.28. The summed E-state index contributed by atoms with van der Waals surface area (Å²) < 4.78 is 5.74. The maximum atomic E-state index is 12.5. The summed E-state index contributed by atoms with van der Waals surface area (Å²) in [6.45, 7) is 6.81. The van der Waals surface area contributed by atoms with E-state index in [9.17, 15) is 10.1 Å². The highest BCUT2D eigenvalue weighted by Crippen LogP contribution is 2.50. The van der Waals surface area contributed by atoms with E-state index in [0.717, 1.165) is 40.5 Å². The van der Waals surface area contributed by atoms with Crippen molar-refractivity contribution in [3.8, 4) is 33.0 Å². The van der Waals surface area contributed by atoms with Crippen LogP contribution in [0, 0.1) is 17.2 Å². The van der Waals surface area contributed by atoms with Gasteiger partial charge in [-0.05, 0) is 61.9 Å². The Hall–Kier alpha value is -3.24. The van der Waals surface area contributed by atoms with Crippen LogP contribution in [0.5, 0.6) is 5.75 Å². The minimum absolute atomic E-state index is 0.000652. The SMILES string of the molecule is CCCN1C(=O)CC2Cc3c(-c4nnc(-c5ccc(OC(C)C)c(C#N)c5)s4)cccc3C21. The molecule has 2 heterocycles. The van der Waals surface area contributed by atoms with Gasteiger partial charge in [-0.1, -0.05) is 36.5 Å². The number of nitrogens with zero attached hydrogens (tertiary/aromatic N) is 4. The summed E-state index contributed by atoms with van der Waals surface area (Å²) in [5, 5.41) is 20.1. The number of likely N-dealkylation sites (tertiary alicyclic amines) is 1. The molecule has 0 bridgehead atoms. The van der Waals surface area contributed by atoms with Crippen molar-refractivity contribution in [1.29, 1.82) is 5.26 Å². The average molecular weight is 459 g/mol. The molecule has 3 aromatic rings. The first-order valence-corrected chi connectivity index (χ1v) is 12.3. The number of hydrogen-bond donors (Lipinski definition) is 0. The summed E-state index contributed by atoms with van der Waals surface area (Å²) in [6.07, 6.45) is 2.49.